The van der Waals surface area contributed by atoms with Gasteiger partial charge in [-0.25, -0.2) is 9.38 Å². The smallest absolute Gasteiger partial charge is 0.289 e. The summed E-state index contributed by atoms with van der Waals surface area (Å²) >= 11 is 0. The topological polar surface area (TPSA) is 28.1 Å². The van der Waals surface area contributed by atoms with E-state index in [2.05, 4.69) is 48.2 Å². The highest BCUT2D eigenvalue weighted by atomic mass is 19.1. The zero-order valence-electron chi connectivity index (χ0n) is 16.2. The van der Waals surface area contributed by atoms with Crippen LogP contribution in [0.1, 0.15) is 29.2 Å². The van der Waals surface area contributed by atoms with Crippen LogP contribution in [0.15, 0.2) is 53.5 Å². The molecule has 0 N–H and O–H groups in total. The van der Waals surface area contributed by atoms with Crippen LogP contribution in [-0.4, -0.2) is 54.1 Å². The molecule has 0 bridgehead atoms. The Hall–Kier alpha value is -2.40. The van der Waals surface area contributed by atoms with Gasteiger partial charge in [-0.15, -0.1) is 0 Å². The van der Waals surface area contributed by atoms with Gasteiger partial charge in [-0.1, -0.05) is 36.4 Å². The quantitative estimate of drug-likeness (QED) is 0.804. The predicted octanol–water partition coefficient (Wildman–Crippen LogP) is 3.23. The Balaban J connectivity index is 1.36. The Labute approximate surface area is 164 Å². The Morgan fingerprint density at radius 1 is 1.14 bits per heavy atom. The highest BCUT2D eigenvalue weighted by molar-refractivity contribution is 5.80. The second-order valence-corrected chi connectivity index (χ2v) is 8.77. The van der Waals surface area contributed by atoms with Gasteiger partial charge in [0.05, 0.1) is 6.04 Å². The van der Waals surface area contributed by atoms with E-state index in [9.17, 15) is 4.39 Å². The van der Waals surface area contributed by atoms with Crippen LogP contribution in [0.4, 0.5) is 4.39 Å². The van der Waals surface area contributed by atoms with Gasteiger partial charge in [0.25, 0.3) is 6.02 Å². The van der Waals surface area contributed by atoms with Crippen LogP contribution < -0.4 is 0 Å². The average Bonchev–Trinajstić information content (AvgIpc) is 2.98. The van der Waals surface area contributed by atoms with Crippen LogP contribution in [0.25, 0.3) is 0 Å². The summed E-state index contributed by atoms with van der Waals surface area (Å²) in [6.07, 6.45) is 2.03. The first kappa shape index (κ1) is 16.5. The van der Waals surface area contributed by atoms with Gasteiger partial charge in [0.15, 0.2) is 0 Å². The summed E-state index contributed by atoms with van der Waals surface area (Å²) in [7, 11) is 4.28. The third-order valence-corrected chi connectivity index (χ3v) is 7.15. The van der Waals surface area contributed by atoms with Gasteiger partial charge in [0.1, 0.15) is 17.5 Å². The predicted molar refractivity (Wildman–Crippen MR) is 106 cm³/mol. The highest BCUT2D eigenvalue weighted by Gasteiger charge is 2.82. The normalized spacial score (nSPS) is 34.7. The third-order valence-electron chi connectivity index (χ3n) is 7.15. The van der Waals surface area contributed by atoms with E-state index in [0.717, 1.165) is 31.0 Å². The van der Waals surface area contributed by atoms with Crippen molar-refractivity contribution in [2.75, 3.05) is 20.6 Å². The lowest BCUT2D eigenvalue weighted by atomic mass is 9.88. The van der Waals surface area contributed by atoms with Crippen molar-refractivity contribution in [2.45, 2.75) is 36.6 Å². The largest absolute Gasteiger partial charge is 0.456 e. The monoisotopic (exact) mass is 377 g/mol. The molecule has 4 nitrogen and oxygen atoms in total. The average molecular weight is 377 g/mol. The Bertz CT molecular complexity index is 972. The minimum absolute atomic E-state index is 0.0152. The molecule has 2 aliphatic carbocycles. The van der Waals surface area contributed by atoms with E-state index >= 15 is 0 Å². The molecule has 1 spiro atoms. The van der Waals surface area contributed by atoms with Crippen molar-refractivity contribution in [3.8, 4) is 0 Å². The maximum atomic E-state index is 13.5. The SMILES string of the molecule is CN(C)[C@@H]1C[C@]23OC(N4CCc5ccccc5[C@@H]4c4ccc(F)cc4)=NC2C13. The molecule has 2 aliphatic heterocycles. The van der Waals surface area contributed by atoms with E-state index in [4.69, 9.17) is 9.73 Å². The molecule has 2 aromatic rings. The number of hydrogen-bond acceptors (Lipinski definition) is 4. The van der Waals surface area contributed by atoms with Crippen LogP contribution in [0.5, 0.6) is 0 Å². The minimum Gasteiger partial charge on any atom is -0.456 e. The summed E-state index contributed by atoms with van der Waals surface area (Å²) in [6, 6.07) is 17.1. The number of hydrogen-bond donors (Lipinski definition) is 0. The Kier molecular flexibility index (Phi) is 3.29. The maximum absolute atomic E-state index is 13.5. The minimum atomic E-state index is -0.207. The first-order chi connectivity index (χ1) is 13.6. The number of halogens is 1. The summed E-state index contributed by atoms with van der Waals surface area (Å²) in [5.74, 6) is 0.341. The van der Waals surface area contributed by atoms with E-state index < -0.39 is 0 Å². The van der Waals surface area contributed by atoms with Gasteiger partial charge in [-0.2, -0.15) is 0 Å². The van der Waals surface area contributed by atoms with Crippen molar-refractivity contribution >= 4 is 6.02 Å². The lowest BCUT2D eigenvalue weighted by molar-refractivity contribution is 0.00700. The first-order valence-corrected chi connectivity index (χ1v) is 10.1. The maximum Gasteiger partial charge on any atom is 0.289 e. The van der Waals surface area contributed by atoms with Gasteiger partial charge in [0.2, 0.25) is 0 Å². The van der Waals surface area contributed by atoms with Crippen LogP contribution in [0.2, 0.25) is 0 Å². The van der Waals surface area contributed by atoms with Gasteiger partial charge in [0, 0.05) is 24.9 Å². The van der Waals surface area contributed by atoms with E-state index in [1.807, 2.05) is 12.1 Å². The van der Waals surface area contributed by atoms with Crippen LogP contribution >= 0.6 is 0 Å². The van der Waals surface area contributed by atoms with E-state index in [-0.39, 0.29) is 17.5 Å². The third kappa shape index (κ3) is 2.11. The molecule has 28 heavy (non-hydrogen) atoms. The molecule has 0 amide bonds. The zero-order chi connectivity index (χ0) is 19.0. The lowest BCUT2D eigenvalue weighted by Gasteiger charge is -2.42. The van der Waals surface area contributed by atoms with Crippen LogP contribution in [0, 0.1) is 11.7 Å². The number of aliphatic imine (C=N–C) groups is 1. The van der Waals surface area contributed by atoms with Gasteiger partial charge in [-0.3, -0.25) is 0 Å². The van der Waals surface area contributed by atoms with Crippen LogP contribution in [0.3, 0.4) is 0 Å². The van der Waals surface area contributed by atoms with Gasteiger partial charge >= 0.3 is 0 Å². The van der Waals surface area contributed by atoms with Crippen molar-refractivity contribution in [1.29, 1.82) is 0 Å². The first-order valence-electron chi connectivity index (χ1n) is 10.1. The molecular weight excluding hydrogens is 353 g/mol. The molecule has 2 saturated carbocycles. The Morgan fingerprint density at radius 3 is 2.68 bits per heavy atom. The molecule has 5 atom stereocenters. The molecular formula is C23H24FN3O. The molecule has 2 unspecified atom stereocenters. The van der Waals surface area contributed by atoms with Crippen molar-refractivity contribution in [1.82, 2.24) is 9.80 Å². The van der Waals surface area contributed by atoms with Crippen molar-refractivity contribution in [3.63, 3.8) is 0 Å². The Morgan fingerprint density at radius 2 is 1.93 bits per heavy atom. The fourth-order valence-electron chi connectivity index (χ4n) is 5.60. The summed E-state index contributed by atoms with van der Waals surface area (Å²) in [5, 5.41) is 0. The molecule has 2 aromatic carbocycles. The number of amidine groups is 1. The second kappa shape index (κ2) is 5.57. The van der Waals surface area contributed by atoms with Crippen molar-refractivity contribution in [2.24, 2.45) is 10.9 Å². The highest BCUT2D eigenvalue weighted by Crippen LogP contribution is 2.68. The zero-order valence-corrected chi connectivity index (χ0v) is 16.2. The standard InChI is InChI=1S/C23H24FN3O/c1-26(2)18-13-23-19(18)21(23)25-22(28-23)27-12-11-14-5-3-4-6-17(14)20(27)15-7-9-16(24)10-8-15/h3-10,18-21H,11-13H2,1-2H3/t18-,19?,20+,21?,23-/m1/s1. The van der Waals surface area contributed by atoms with Crippen molar-refractivity contribution in [3.05, 3.63) is 71.0 Å². The van der Waals surface area contributed by atoms with E-state index in [1.54, 1.807) is 12.1 Å². The number of benzene rings is 2. The van der Waals surface area contributed by atoms with Crippen molar-refractivity contribution < 1.29 is 9.13 Å². The summed E-state index contributed by atoms with van der Waals surface area (Å²) < 4.78 is 20.0. The molecule has 0 radical (unpaired) electrons. The van der Waals surface area contributed by atoms with Gasteiger partial charge < -0.3 is 14.5 Å². The second-order valence-electron chi connectivity index (χ2n) is 8.77. The molecule has 2 fully saturated rings. The molecule has 0 saturated heterocycles. The fourth-order valence-corrected chi connectivity index (χ4v) is 5.60. The molecule has 144 valence electrons. The molecule has 0 aromatic heterocycles. The number of nitrogens with zero attached hydrogens (tertiary/aromatic N) is 3. The van der Waals surface area contributed by atoms with E-state index in [0.29, 0.717) is 18.0 Å². The number of rotatable bonds is 2. The fraction of sp³-hybridized carbons (Fsp3) is 0.435. The van der Waals surface area contributed by atoms with Crippen LogP contribution in [-0.2, 0) is 11.2 Å². The lowest BCUT2D eigenvalue weighted by Crippen LogP contribution is -2.50. The number of fused-ring (bicyclic) bond motifs is 2. The molecule has 2 heterocycles. The summed E-state index contributed by atoms with van der Waals surface area (Å²) in [4.78, 5) is 9.61. The molecule has 5 heteroatoms. The molecule has 4 aliphatic rings. The summed E-state index contributed by atoms with van der Waals surface area (Å²) in [6.45, 7) is 0.864. The van der Waals surface area contributed by atoms with E-state index in [1.165, 1.54) is 11.1 Å². The number of ether oxygens (including phenoxy) is 1. The molecule has 6 rings (SSSR count). The van der Waals surface area contributed by atoms with Gasteiger partial charge in [-0.05, 0) is 49.3 Å². The summed E-state index contributed by atoms with van der Waals surface area (Å²) in [5.41, 5.74) is 3.65.